The number of amides is 2. The maximum Gasteiger partial charge on any atom is 0.319 e. The summed E-state index contributed by atoms with van der Waals surface area (Å²) in [6.07, 6.45) is 1.15. The summed E-state index contributed by atoms with van der Waals surface area (Å²) < 4.78 is 42.7. The number of nitrogens with one attached hydrogen (secondary N) is 2. The van der Waals surface area contributed by atoms with E-state index in [9.17, 15) is 17.6 Å². The summed E-state index contributed by atoms with van der Waals surface area (Å²) in [6, 6.07) is 12.9. The number of anilines is 2. The number of benzene rings is 2. The molecule has 0 radical (unpaired) electrons. The number of urea groups is 1. The molecule has 0 unspecified atom stereocenters. The topological polar surface area (TPSA) is 126 Å². The van der Waals surface area contributed by atoms with E-state index in [0.717, 1.165) is 6.26 Å². The molecule has 4 rings (SSSR count). The van der Waals surface area contributed by atoms with Gasteiger partial charge in [0.15, 0.2) is 21.5 Å². The second-order valence-electron chi connectivity index (χ2n) is 8.32. The van der Waals surface area contributed by atoms with Gasteiger partial charge in [0.2, 0.25) is 5.95 Å². The standard InChI is InChI=1S/C24H27FN6O4S/c1-16-15-35-14-13-31(16)23-29-21(17-7-9-18(10-8-17)27-24(32)26-12-11-25)28-22(30-23)19-5-3-4-6-20(19)36(2,33)34/h3-10,16H,11-15H2,1-2H3,(H2,26,27,32)/t16-/m0/s1. The molecular formula is C24H27FN6O4S. The van der Waals surface area contributed by atoms with Crippen LogP contribution >= 0.6 is 0 Å². The molecule has 1 aromatic heterocycles. The molecule has 0 aliphatic carbocycles. The lowest BCUT2D eigenvalue weighted by Crippen LogP contribution is -2.44. The van der Waals surface area contributed by atoms with Crippen molar-refractivity contribution in [1.29, 1.82) is 0 Å². The molecule has 10 nitrogen and oxygen atoms in total. The largest absolute Gasteiger partial charge is 0.377 e. The normalized spacial score (nSPS) is 16.0. The van der Waals surface area contributed by atoms with Crippen LogP contribution in [0.25, 0.3) is 22.8 Å². The van der Waals surface area contributed by atoms with Crippen LogP contribution < -0.4 is 15.5 Å². The van der Waals surface area contributed by atoms with Gasteiger partial charge in [-0.25, -0.2) is 22.6 Å². The Bertz CT molecular complexity index is 1340. The van der Waals surface area contributed by atoms with Crippen molar-refractivity contribution >= 4 is 27.5 Å². The van der Waals surface area contributed by atoms with Crippen molar-refractivity contribution in [3.8, 4) is 22.8 Å². The first-order valence-electron chi connectivity index (χ1n) is 11.4. The van der Waals surface area contributed by atoms with E-state index in [1.54, 1.807) is 42.5 Å². The van der Waals surface area contributed by atoms with E-state index in [4.69, 9.17) is 4.74 Å². The zero-order valence-electron chi connectivity index (χ0n) is 19.9. The Kier molecular flexibility index (Phi) is 7.75. The van der Waals surface area contributed by atoms with Crippen LogP contribution in [0.2, 0.25) is 0 Å². The first-order valence-corrected chi connectivity index (χ1v) is 13.3. The molecule has 0 saturated carbocycles. The first-order chi connectivity index (χ1) is 17.3. The van der Waals surface area contributed by atoms with E-state index in [1.807, 2.05) is 11.8 Å². The van der Waals surface area contributed by atoms with Gasteiger partial charge in [-0.2, -0.15) is 9.97 Å². The van der Waals surface area contributed by atoms with Gasteiger partial charge in [-0.3, -0.25) is 0 Å². The summed E-state index contributed by atoms with van der Waals surface area (Å²) in [6.45, 7) is 2.89. The van der Waals surface area contributed by atoms with Crippen LogP contribution in [0.1, 0.15) is 6.92 Å². The van der Waals surface area contributed by atoms with Crippen molar-refractivity contribution in [2.75, 3.05) is 49.5 Å². The zero-order chi connectivity index (χ0) is 25.7. The Morgan fingerprint density at radius 1 is 1.11 bits per heavy atom. The summed E-state index contributed by atoms with van der Waals surface area (Å²) in [4.78, 5) is 27.9. The summed E-state index contributed by atoms with van der Waals surface area (Å²) in [5, 5.41) is 5.02. The maximum absolute atomic E-state index is 12.5. The quantitative estimate of drug-likeness (QED) is 0.493. The van der Waals surface area contributed by atoms with Crippen molar-refractivity contribution in [2.24, 2.45) is 0 Å². The third-order valence-corrected chi connectivity index (χ3v) is 6.71. The second kappa shape index (κ2) is 11.0. The maximum atomic E-state index is 12.5. The Morgan fingerprint density at radius 2 is 1.83 bits per heavy atom. The number of carbonyl (C=O) groups is 1. The Balaban J connectivity index is 1.76. The second-order valence-corrected chi connectivity index (χ2v) is 10.3. The molecule has 190 valence electrons. The molecule has 1 fully saturated rings. The number of carbonyl (C=O) groups excluding carboxylic acids is 1. The average Bonchev–Trinajstić information content (AvgIpc) is 2.87. The predicted molar refractivity (Wildman–Crippen MR) is 134 cm³/mol. The number of halogens is 1. The van der Waals surface area contributed by atoms with Crippen LogP contribution in [0.5, 0.6) is 0 Å². The van der Waals surface area contributed by atoms with Gasteiger partial charge >= 0.3 is 6.03 Å². The lowest BCUT2D eigenvalue weighted by molar-refractivity contribution is 0.0981. The fourth-order valence-electron chi connectivity index (χ4n) is 3.78. The predicted octanol–water partition coefficient (Wildman–Crippen LogP) is 2.93. The van der Waals surface area contributed by atoms with E-state index in [0.29, 0.717) is 48.3 Å². The van der Waals surface area contributed by atoms with Gasteiger partial charge in [0.05, 0.1) is 24.2 Å². The van der Waals surface area contributed by atoms with Gasteiger partial charge in [0.1, 0.15) is 6.67 Å². The summed E-state index contributed by atoms with van der Waals surface area (Å²) >= 11 is 0. The Labute approximate surface area is 208 Å². The summed E-state index contributed by atoms with van der Waals surface area (Å²) in [5.41, 5.74) is 1.54. The van der Waals surface area contributed by atoms with Crippen LogP contribution in [-0.2, 0) is 14.6 Å². The highest BCUT2D eigenvalue weighted by molar-refractivity contribution is 7.90. The molecule has 1 aliphatic rings. The molecule has 1 saturated heterocycles. The van der Waals surface area contributed by atoms with Gasteiger partial charge in [-0.15, -0.1) is 0 Å². The lowest BCUT2D eigenvalue weighted by atomic mass is 10.1. The van der Waals surface area contributed by atoms with Crippen molar-refractivity contribution in [3.05, 3.63) is 48.5 Å². The highest BCUT2D eigenvalue weighted by Crippen LogP contribution is 2.29. The molecule has 0 spiro atoms. The number of rotatable bonds is 7. The molecule has 36 heavy (non-hydrogen) atoms. The minimum absolute atomic E-state index is 0.0152. The van der Waals surface area contributed by atoms with Gasteiger partial charge < -0.3 is 20.3 Å². The summed E-state index contributed by atoms with van der Waals surface area (Å²) in [5.74, 6) is 1.01. The number of nitrogens with zero attached hydrogens (tertiary/aromatic N) is 4. The number of hydrogen-bond donors (Lipinski definition) is 2. The molecule has 1 atom stereocenters. The van der Waals surface area contributed by atoms with Gasteiger partial charge in [0.25, 0.3) is 0 Å². The molecule has 2 N–H and O–H groups in total. The van der Waals surface area contributed by atoms with E-state index < -0.39 is 22.5 Å². The molecule has 3 aromatic rings. The lowest BCUT2D eigenvalue weighted by Gasteiger charge is -2.33. The summed E-state index contributed by atoms with van der Waals surface area (Å²) in [7, 11) is -3.54. The minimum atomic E-state index is -3.54. The number of aromatic nitrogens is 3. The van der Waals surface area contributed by atoms with Gasteiger partial charge in [-0.05, 0) is 43.3 Å². The van der Waals surface area contributed by atoms with Crippen LogP contribution in [-0.4, -0.2) is 74.7 Å². The van der Waals surface area contributed by atoms with Crippen LogP contribution in [0.15, 0.2) is 53.4 Å². The molecule has 2 amide bonds. The van der Waals surface area contributed by atoms with E-state index in [1.165, 1.54) is 6.07 Å². The zero-order valence-corrected chi connectivity index (χ0v) is 20.8. The fourth-order valence-corrected chi connectivity index (χ4v) is 4.66. The van der Waals surface area contributed by atoms with Crippen LogP contribution in [0.4, 0.5) is 20.8 Å². The van der Waals surface area contributed by atoms with Crippen LogP contribution in [0.3, 0.4) is 0 Å². The number of sulfone groups is 1. The number of hydrogen-bond acceptors (Lipinski definition) is 8. The minimum Gasteiger partial charge on any atom is -0.377 e. The van der Waals surface area contributed by atoms with Crippen molar-refractivity contribution in [2.45, 2.75) is 17.9 Å². The number of morpholine rings is 1. The molecule has 2 aromatic carbocycles. The molecule has 0 bridgehead atoms. The number of alkyl halides is 1. The Morgan fingerprint density at radius 3 is 2.53 bits per heavy atom. The highest BCUT2D eigenvalue weighted by Gasteiger charge is 2.25. The third kappa shape index (κ3) is 5.94. The van der Waals surface area contributed by atoms with Crippen molar-refractivity contribution < 1.29 is 22.3 Å². The van der Waals surface area contributed by atoms with Crippen molar-refractivity contribution in [1.82, 2.24) is 20.3 Å². The number of ether oxygens (including phenoxy) is 1. The Hall–Kier alpha value is -3.64. The average molecular weight is 515 g/mol. The molecule has 1 aliphatic heterocycles. The SMILES string of the molecule is C[C@H]1COCCN1c1nc(-c2ccc(NC(=O)NCCF)cc2)nc(-c2ccccc2S(C)(=O)=O)n1. The third-order valence-electron chi connectivity index (χ3n) is 5.56. The van der Waals surface area contributed by atoms with E-state index in [2.05, 4.69) is 25.6 Å². The molecule has 2 heterocycles. The van der Waals surface area contributed by atoms with Gasteiger partial charge in [0, 0.05) is 36.2 Å². The van der Waals surface area contributed by atoms with E-state index >= 15 is 0 Å². The monoisotopic (exact) mass is 514 g/mol. The highest BCUT2D eigenvalue weighted by atomic mass is 32.2. The molecule has 12 heteroatoms. The van der Waals surface area contributed by atoms with Gasteiger partial charge in [-0.1, -0.05) is 12.1 Å². The van der Waals surface area contributed by atoms with Crippen LogP contribution in [0, 0.1) is 0 Å². The smallest absolute Gasteiger partial charge is 0.319 e. The molecular weight excluding hydrogens is 487 g/mol. The van der Waals surface area contributed by atoms with Crippen molar-refractivity contribution in [3.63, 3.8) is 0 Å². The fraction of sp³-hybridized carbons (Fsp3) is 0.333. The first kappa shape index (κ1) is 25.5. The van der Waals surface area contributed by atoms with E-state index in [-0.39, 0.29) is 23.3 Å².